The Balaban J connectivity index is 2.59. The molecule has 0 saturated carbocycles. The van der Waals surface area contributed by atoms with Gasteiger partial charge in [-0.25, -0.2) is 0 Å². The van der Waals surface area contributed by atoms with Crippen molar-refractivity contribution in [3.8, 4) is 0 Å². The predicted octanol–water partition coefficient (Wildman–Crippen LogP) is 2.87. The molecule has 2 nitrogen and oxygen atoms in total. The minimum absolute atomic E-state index is 0.220. The molecule has 0 radical (unpaired) electrons. The van der Waals surface area contributed by atoms with E-state index >= 15 is 0 Å². The van der Waals surface area contributed by atoms with Gasteiger partial charge in [0.1, 0.15) is 0 Å². The van der Waals surface area contributed by atoms with Crippen molar-refractivity contribution in [2.45, 2.75) is 59.4 Å². The Kier molecular flexibility index (Phi) is 4.42. The Morgan fingerprint density at radius 1 is 1.38 bits per heavy atom. The quantitative estimate of drug-likeness (QED) is 0.781. The van der Waals surface area contributed by atoms with Crippen LogP contribution in [0.15, 0.2) is 0 Å². The van der Waals surface area contributed by atoms with Crippen LogP contribution in [0, 0.1) is 11.3 Å². The van der Waals surface area contributed by atoms with Crippen LogP contribution in [0.25, 0.3) is 0 Å². The lowest BCUT2D eigenvalue weighted by atomic mass is 9.89. The molecule has 16 heavy (non-hydrogen) atoms. The summed E-state index contributed by atoms with van der Waals surface area (Å²) < 4.78 is 0. The summed E-state index contributed by atoms with van der Waals surface area (Å²) in [7, 11) is 0. The van der Waals surface area contributed by atoms with E-state index in [1.807, 2.05) is 0 Å². The van der Waals surface area contributed by atoms with Crippen molar-refractivity contribution in [2.24, 2.45) is 17.1 Å². The number of rotatable bonds is 5. The van der Waals surface area contributed by atoms with Crippen molar-refractivity contribution in [3.05, 3.63) is 0 Å². The van der Waals surface area contributed by atoms with Gasteiger partial charge in [-0.2, -0.15) is 0 Å². The topological polar surface area (TPSA) is 29.3 Å². The monoisotopic (exact) mass is 226 g/mol. The summed E-state index contributed by atoms with van der Waals surface area (Å²) in [6.07, 6.45) is 3.83. The van der Waals surface area contributed by atoms with Crippen LogP contribution in [0.5, 0.6) is 0 Å². The van der Waals surface area contributed by atoms with E-state index in [1.165, 1.54) is 32.4 Å². The van der Waals surface area contributed by atoms with Crippen LogP contribution in [0.1, 0.15) is 53.9 Å². The van der Waals surface area contributed by atoms with Crippen LogP contribution in [0.2, 0.25) is 0 Å². The first-order valence-electron chi connectivity index (χ1n) is 6.74. The molecule has 1 aliphatic rings. The van der Waals surface area contributed by atoms with E-state index in [0.717, 1.165) is 12.5 Å². The molecule has 1 heterocycles. The lowest BCUT2D eigenvalue weighted by molar-refractivity contribution is 0.112. The summed E-state index contributed by atoms with van der Waals surface area (Å²) >= 11 is 0. The van der Waals surface area contributed by atoms with Crippen LogP contribution < -0.4 is 5.73 Å². The third-order valence-corrected chi connectivity index (χ3v) is 4.14. The summed E-state index contributed by atoms with van der Waals surface area (Å²) in [5.74, 6) is 0.779. The minimum Gasteiger partial charge on any atom is -0.329 e. The zero-order valence-corrected chi connectivity index (χ0v) is 11.8. The van der Waals surface area contributed by atoms with Gasteiger partial charge in [-0.1, -0.05) is 27.7 Å². The third kappa shape index (κ3) is 3.46. The first-order valence-corrected chi connectivity index (χ1v) is 6.74. The van der Waals surface area contributed by atoms with Crippen molar-refractivity contribution in [1.29, 1.82) is 0 Å². The summed E-state index contributed by atoms with van der Waals surface area (Å²) in [5.41, 5.74) is 6.72. The highest BCUT2D eigenvalue weighted by molar-refractivity contribution is 4.94. The van der Waals surface area contributed by atoms with Crippen molar-refractivity contribution >= 4 is 0 Å². The van der Waals surface area contributed by atoms with E-state index in [4.69, 9.17) is 5.73 Å². The average molecular weight is 226 g/mol. The second kappa shape index (κ2) is 5.05. The fourth-order valence-corrected chi connectivity index (χ4v) is 2.56. The molecule has 96 valence electrons. The summed E-state index contributed by atoms with van der Waals surface area (Å²) in [6.45, 7) is 14.9. The van der Waals surface area contributed by atoms with E-state index in [-0.39, 0.29) is 5.54 Å². The molecule has 0 aromatic heterocycles. The van der Waals surface area contributed by atoms with Crippen molar-refractivity contribution in [1.82, 2.24) is 4.90 Å². The molecule has 0 bridgehead atoms. The van der Waals surface area contributed by atoms with Gasteiger partial charge in [-0.3, -0.25) is 4.90 Å². The van der Waals surface area contributed by atoms with Crippen LogP contribution >= 0.6 is 0 Å². The minimum atomic E-state index is 0.220. The van der Waals surface area contributed by atoms with Gasteiger partial charge in [0.2, 0.25) is 0 Å². The second-order valence-corrected chi connectivity index (χ2v) is 6.97. The number of nitrogens with two attached hydrogens (primary N) is 1. The van der Waals surface area contributed by atoms with Crippen molar-refractivity contribution < 1.29 is 0 Å². The Morgan fingerprint density at radius 2 is 2.00 bits per heavy atom. The largest absolute Gasteiger partial charge is 0.329 e. The second-order valence-electron chi connectivity index (χ2n) is 6.97. The average Bonchev–Trinajstić information content (AvgIpc) is 2.56. The van der Waals surface area contributed by atoms with Gasteiger partial charge < -0.3 is 5.73 Å². The maximum absolute atomic E-state index is 6.02. The molecule has 0 spiro atoms. The van der Waals surface area contributed by atoms with E-state index in [2.05, 4.69) is 39.5 Å². The number of likely N-dealkylation sites (tertiary alicyclic amines) is 1. The molecule has 1 unspecified atom stereocenters. The van der Waals surface area contributed by atoms with Gasteiger partial charge in [-0.15, -0.1) is 0 Å². The van der Waals surface area contributed by atoms with E-state index in [9.17, 15) is 0 Å². The van der Waals surface area contributed by atoms with E-state index in [1.54, 1.807) is 0 Å². The molecule has 1 saturated heterocycles. The summed E-state index contributed by atoms with van der Waals surface area (Å²) in [6, 6.07) is 0. The van der Waals surface area contributed by atoms with Crippen LogP contribution in [-0.4, -0.2) is 30.1 Å². The summed E-state index contributed by atoms with van der Waals surface area (Å²) in [5, 5.41) is 0. The predicted molar refractivity (Wildman–Crippen MR) is 71.5 cm³/mol. The smallest absolute Gasteiger partial charge is 0.0303 e. The Labute approximate surface area is 102 Å². The molecule has 0 aliphatic carbocycles. The Morgan fingerprint density at radius 3 is 2.38 bits per heavy atom. The molecule has 1 fully saturated rings. The molecule has 1 rings (SSSR count). The number of hydrogen-bond acceptors (Lipinski definition) is 2. The Hall–Kier alpha value is -0.0800. The van der Waals surface area contributed by atoms with E-state index < -0.39 is 0 Å². The first-order chi connectivity index (χ1) is 7.29. The zero-order valence-electron chi connectivity index (χ0n) is 11.8. The molecule has 1 aliphatic heterocycles. The number of nitrogens with zero attached hydrogens (tertiary/aromatic N) is 1. The van der Waals surface area contributed by atoms with Crippen LogP contribution in [-0.2, 0) is 0 Å². The molecule has 0 amide bonds. The number of hydrogen-bond donors (Lipinski definition) is 1. The third-order valence-electron chi connectivity index (χ3n) is 4.14. The normalized spacial score (nSPS) is 24.9. The Bertz CT molecular complexity index is 223. The maximum atomic E-state index is 6.02. The fraction of sp³-hybridized carbons (Fsp3) is 1.00. The van der Waals surface area contributed by atoms with Crippen molar-refractivity contribution in [2.75, 3.05) is 19.6 Å². The zero-order chi connectivity index (χ0) is 12.4. The molecule has 2 heteroatoms. The highest BCUT2D eigenvalue weighted by Gasteiger charge is 2.38. The van der Waals surface area contributed by atoms with Gasteiger partial charge in [0, 0.05) is 18.6 Å². The molecule has 0 aromatic rings. The van der Waals surface area contributed by atoms with Crippen LogP contribution in [0.3, 0.4) is 0 Å². The SMILES string of the molecule is CC(C)CCC(C)(CN)N1CCC(C)(C)C1. The van der Waals surface area contributed by atoms with Gasteiger partial charge in [-0.05, 0) is 44.1 Å². The lowest BCUT2D eigenvalue weighted by Crippen LogP contribution is -2.51. The standard InChI is InChI=1S/C14H30N2/c1-12(2)6-7-14(5,10-15)16-9-8-13(3,4)11-16/h12H,6-11,15H2,1-5H3. The molecule has 1 atom stereocenters. The molecular formula is C14H30N2. The van der Waals surface area contributed by atoms with Gasteiger partial charge in [0.05, 0.1) is 0 Å². The molecular weight excluding hydrogens is 196 g/mol. The highest BCUT2D eigenvalue weighted by atomic mass is 15.2. The maximum Gasteiger partial charge on any atom is 0.0303 e. The summed E-state index contributed by atoms with van der Waals surface area (Å²) in [4.78, 5) is 2.62. The molecule has 2 N–H and O–H groups in total. The fourth-order valence-electron chi connectivity index (χ4n) is 2.56. The van der Waals surface area contributed by atoms with Gasteiger partial charge in [0.25, 0.3) is 0 Å². The first kappa shape index (κ1) is 14.0. The van der Waals surface area contributed by atoms with Crippen molar-refractivity contribution in [3.63, 3.8) is 0 Å². The van der Waals surface area contributed by atoms with Gasteiger partial charge in [0.15, 0.2) is 0 Å². The van der Waals surface area contributed by atoms with Crippen LogP contribution in [0.4, 0.5) is 0 Å². The highest BCUT2D eigenvalue weighted by Crippen LogP contribution is 2.35. The lowest BCUT2D eigenvalue weighted by Gasteiger charge is -2.39. The van der Waals surface area contributed by atoms with Gasteiger partial charge >= 0.3 is 0 Å². The molecule has 0 aromatic carbocycles. The van der Waals surface area contributed by atoms with E-state index in [0.29, 0.717) is 5.41 Å².